The van der Waals surface area contributed by atoms with Gasteiger partial charge in [0.15, 0.2) is 0 Å². The molecule has 2 unspecified atom stereocenters. The van der Waals surface area contributed by atoms with Crippen LogP contribution in [0.4, 0.5) is 0 Å². The third-order valence-corrected chi connectivity index (χ3v) is 4.27. The van der Waals surface area contributed by atoms with E-state index in [1.807, 2.05) is 0 Å². The fourth-order valence-electron chi connectivity index (χ4n) is 2.44. The molecule has 1 N–H and O–H groups in total. The second kappa shape index (κ2) is 8.37. The predicted molar refractivity (Wildman–Crippen MR) is 75.3 cm³/mol. The fourth-order valence-corrected chi connectivity index (χ4v) is 3.06. The van der Waals surface area contributed by atoms with Gasteiger partial charge in [0.05, 0.1) is 0 Å². The highest BCUT2D eigenvalue weighted by Gasteiger charge is 2.24. The molecule has 1 saturated heterocycles. The van der Waals surface area contributed by atoms with Crippen molar-refractivity contribution >= 4 is 11.8 Å². The van der Waals surface area contributed by atoms with Gasteiger partial charge in [-0.25, -0.2) is 0 Å². The summed E-state index contributed by atoms with van der Waals surface area (Å²) in [6.07, 6.45) is 4.01. The van der Waals surface area contributed by atoms with E-state index in [-0.39, 0.29) is 0 Å². The summed E-state index contributed by atoms with van der Waals surface area (Å²) in [5, 5.41) is 3.60. The van der Waals surface area contributed by atoms with Gasteiger partial charge in [0.25, 0.3) is 0 Å². The Kier molecular flexibility index (Phi) is 7.50. The Bertz CT molecular complexity index is 175. The maximum atomic E-state index is 3.60. The minimum atomic E-state index is 0.673. The molecule has 2 atom stereocenters. The van der Waals surface area contributed by atoms with Crippen LogP contribution in [0.1, 0.15) is 40.0 Å². The average Bonchev–Trinajstić information content (AvgIpc) is 2.28. The summed E-state index contributed by atoms with van der Waals surface area (Å²) in [6, 6.07) is 1.46. The second-order valence-corrected chi connectivity index (χ2v) is 6.19. The van der Waals surface area contributed by atoms with Crippen molar-refractivity contribution in [2.24, 2.45) is 0 Å². The van der Waals surface area contributed by atoms with Crippen LogP contribution >= 0.6 is 11.8 Å². The maximum absolute atomic E-state index is 3.60. The molecule has 0 aromatic rings. The molecule has 0 radical (unpaired) electrons. The van der Waals surface area contributed by atoms with Crippen LogP contribution in [0, 0.1) is 0 Å². The molecule has 3 heteroatoms. The van der Waals surface area contributed by atoms with Crippen molar-refractivity contribution in [1.82, 2.24) is 10.2 Å². The first-order valence-corrected chi connectivity index (χ1v) is 7.98. The molecule has 0 amide bonds. The third-order valence-electron chi connectivity index (χ3n) is 3.29. The van der Waals surface area contributed by atoms with E-state index in [9.17, 15) is 0 Å². The van der Waals surface area contributed by atoms with Crippen molar-refractivity contribution in [1.29, 1.82) is 0 Å². The quantitative estimate of drug-likeness (QED) is 0.693. The molecule has 1 aliphatic heterocycles. The Hall–Kier alpha value is 0.270. The van der Waals surface area contributed by atoms with E-state index in [1.54, 1.807) is 0 Å². The highest BCUT2D eigenvalue weighted by molar-refractivity contribution is 7.99. The summed E-state index contributed by atoms with van der Waals surface area (Å²) >= 11 is 2.07. The molecule has 16 heavy (non-hydrogen) atoms. The lowest BCUT2D eigenvalue weighted by molar-refractivity contribution is 0.128. The van der Waals surface area contributed by atoms with E-state index in [4.69, 9.17) is 0 Å². The van der Waals surface area contributed by atoms with E-state index in [1.165, 1.54) is 50.4 Å². The molecule has 2 nitrogen and oxygen atoms in total. The maximum Gasteiger partial charge on any atom is 0.0221 e. The molecule has 1 aliphatic rings. The molecule has 0 bridgehead atoms. The Labute approximate surface area is 106 Å². The van der Waals surface area contributed by atoms with E-state index in [0.29, 0.717) is 6.04 Å². The molecule has 1 fully saturated rings. The van der Waals surface area contributed by atoms with Gasteiger partial charge in [0.1, 0.15) is 0 Å². The van der Waals surface area contributed by atoms with Crippen molar-refractivity contribution in [3.63, 3.8) is 0 Å². The number of nitrogens with zero attached hydrogens (tertiary/aromatic N) is 1. The third kappa shape index (κ3) is 5.07. The van der Waals surface area contributed by atoms with Crippen LogP contribution in [-0.2, 0) is 0 Å². The van der Waals surface area contributed by atoms with Gasteiger partial charge in [0, 0.05) is 25.2 Å². The van der Waals surface area contributed by atoms with Crippen LogP contribution < -0.4 is 5.32 Å². The number of nitrogens with one attached hydrogen (secondary N) is 1. The largest absolute Gasteiger partial charge is 0.311 e. The number of piperazine rings is 1. The predicted octanol–water partition coefficient (Wildman–Crippen LogP) is 2.59. The lowest BCUT2D eigenvalue weighted by Crippen LogP contribution is -2.55. The van der Waals surface area contributed by atoms with E-state index < -0.39 is 0 Å². The summed E-state index contributed by atoms with van der Waals surface area (Å²) in [5.41, 5.74) is 0. The lowest BCUT2D eigenvalue weighted by Gasteiger charge is -2.39. The van der Waals surface area contributed by atoms with E-state index >= 15 is 0 Å². The van der Waals surface area contributed by atoms with Crippen molar-refractivity contribution in [3.05, 3.63) is 0 Å². The van der Waals surface area contributed by atoms with Crippen molar-refractivity contribution in [2.75, 3.05) is 31.1 Å². The first-order valence-electron chi connectivity index (χ1n) is 6.83. The molecule has 0 saturated carbocycles. The topological polar surface area (TPSA) is 15.3 Å². The lowest BCUT2D eigenvalue weighted by atomic mass is 10.1. The number of hydrogen-bond donors (Lipinski definition) is 1. The van der Waals surface area contributed by atoms with Gasteiger partial charge < -0.3 is 5.32 Å². The molecule has 0 spiro atoms. The second-order valence-electron chi connectivity index (χ2n) is 4.80. The molecular weight excluding hydrogens is 216 g/mol. The summed E-state index contributed by atoms with van der Waals surface area (Å²) in [6.45, 7) is 10.6. The minimum Gasteiger partial charge on any atom is -0.311 e. The zero-order chi connectivity index (χ0) is 11.8. The summed E-state index contributed by atoms with van der Waals surface area (Å²) < 4.78 is 0. The monoisotopic (exact) mass is 244 g/mol. The van der Waals surface area contributed by atoms with Crippen molar-refractivity contribution < 1.29 is 0 Å². The van der Waals surface area contributed by atoms with Crippen LogP contribution in [-0.4, -0.2) is 48.1 Å². The summed E-state index contributed by atoms with van der Waals surface area (Å²) in [7, 11) is 0. The van der Waals surface area contributed by atoms with Crippen LogP contribution in [0.5, 0.6) is 0 Å². The van der Waals surface area contributed by atoms with E-state index in [0.717, 1.165) is 6.04 Å². The molecule has 0 aliphatic carbocycles. The zero-order valence-electron chi connectivity index (χ0n) is 11.2. The Morgan fingerprint density at radius 3 is 2.88 bits per heavy atom. The molecular formula is C13H28N2S. The van der Waals surface area contributed by atoms with Gasteiger partial charge >= 0.3 is 0 Å². The van der Waals surface area contributed by atoms with Crippen LogP contribution in [0.2, 0.25) is 0 Å². The van der Waals surface area contributed by atoms with Crippen molar-refractivity contribution in [2.45, 2.75) is 52.1 Å². The van der Waals surface area contributed by atoms with Gasteiger partial charge in [0.2, 0.25) is 0 Å². The Morgan fingerprint density at radius 1 is 1.38 bits per heavy atom. The fraction of sp³-hybridized carbons (Fsp3) is 1.00. The highest BCUT2D eigenvalue weighted by Crippen LogP contribution is 2.13. The van der Waals surface area contributed by atoms with Crippen molar-refractivity contribution in [3.8, 4) is 0 Å². The summed E-state index contributed by atoms with van der Waals surface area (Å²) in [5.74, 6) is 2.59. The summed E-state index contributed by atoms with van der Waals surface area (Å²) in [4.78, 5) is 2.71. The van der Waals surface area contributed by atoms with Crippen LogP contribution in [0.25, 0.3) is 0 Å². The first-order chi connectivity index (χ1) is 7.77. The Morgan fingerprint density at radius 2 is 2.19 bits per heavy atom. The molecule has 1 heterocycles. The highest BCUT2D eigenvalue weighted by atomic mass is 32.2. The molecule has 0 aromatic carbocycles. The smallest absolute Gasteiger partial charge is 0.0221 e. The normalized spacial score (nSPS) is 27.2. The molecule has 0 aromatic heterocycles. The van der Waals surface area contributed by atoms with Gasteiger partial charge in [-0.1, -0.05) is 20.3 Å². The number of hydrogen-bond acceptors (Lipinski definition) is 3. The van der Waals surface area contributed by atoms with Gasteiger partial charge in [-0.15, -0.1) is 0 Å². The minimum absolute atomic E-state index is 0.673. The zero-order valence-corrected chi connectivity index (χ0v) is 12.0. The number of thioether (sulfide) groups is 1. The Balaban J connectivity index is 2.26. The SMILES string of the molecule is CCCC1CNC(C)CN1CCCSCC. The van der Waals surface area contributed by atoms with Gasteiger partial charge in [-0.3, -0.25) is 4.90 Å². The van der Waals surface area contributed by atoms with Gasteiger partial charge in [-0.05, 0) is 37.8 Å². The van der Waals surface area contributed by atoms with Crippen LogP contribution in [0.3, 0.4) is 0 Å². The van der Waals surface area contributed by atoms with Crippen LogP contribution in [0.15, 0.2) is 0 Å². The standard InChI is InChI=1S/C13H28N2S/c1-4-7-13-10-14-12(3)11-15(13)8-6-9-16-5-2/h12-14H,4-11H2,1-3H3. The number of rotatable bonds is 7. The van der Waals surface area contributed by atoms with Gasteiger partial charge in [-0.2, -0.15) is 11.8 Å². The van der Waals surface area contributed by atoms with E-state index in [2.05, 4.69) is 42.7 Å². The first kappa shape index (κ1) is 14.3. The molecule has 1 rings (SSSR count). The average molecular weight is 244 g/mol. The molecule has 96 valence electrons.